The second-order valence-corrected chi connectivity index (χ2v) is 6.03. The number of aryl methyl sites for hydroxylation is 1. The molecule has 1 heterocycles. The number of hydrogen-bond acceptors (Lipinski definition) is 2. The summed E-state index contributed by atoms with van der Waals surface area (Å²) in [5.41, 5.74) is 3.57. The number of hydrogen-bond donors (Lipinski definition) is 0. The summed E-state index contributed by atoms with van der Waals surface area (Å²) in [6.45, 7) is 2.12. The fourth-order valence-electron chi connectivity index (χ4n) is 2.53. The lowest BCUT2D eigenvalue weighted by atomic mass is 10.1. The SMILES string of the molecule is Cc1cccc2sc(-c3ccc4ccccc4c3)nc12. The van der Waals surface area contributed by atoms with Gasteiger partial charge in [-0.25, -0.2) is 4.98 Å². The Morgan fingerprint density at radius 3 is 2.55 bits per heavy atom. The van der Waals surface area contributed by atoms with Crippen LogP contribution in [0, 0.1) is 6.92 Å². The van der Waals surface area contributed by atoms with Gasteiger partial charge >= 0.3 is 0 Å². The lowest BCUT2D eigenvalue weighted by Crippen LogP contribution is -1.79. The highest BCUT2D eigenvalue weighted by atomic mass is 32.1. The molecule has 0 radical (unpaired) electrons. The molecule has 0 amide bonds. The summed E-state index contributed by atoms with van der Waals surface area (Å²) in [6.07, 6.45) is 0. The molecule has 0 fully saturated rings. The Balaban J connectivity index is 1.94. The quantitative estimate of drug-likeness (QED) is 0.451. The molecule has 0 atom stereocenters. The van der Waals surface area contributed by atoms with Crippen molar-refractivity contribution in [1.29, 1.82) is 0 Å². The Hall–Kier alpha value is -2.19. The number of nitrogens with zero attached hydrogens (tertiary/aromatic N) is 1. The van der Waals surface area contributed by atoms with E-state index in [0.717, 1.165) is 10.5 Å². The standard InChI is InChI=1S/C18H13NS/c1-12-5-4-8-16-17(12)19-18(20-16)15-10-9-13-6-2-3-7-14(13)11-15/h2-11H,1H3. The lowest BCUT2D eigenvalue weighted by Gasteiger charge is -2.00. The molecule has 96 valence electrons. The molecule has 3 aromatic carbocycles. The Morgan fingerprint density at radius 1 is 0.850 bits per heavy atom. The minimum absolute atomic E-state index is 1.10. The molecule has 0 saturated carbocycles. The molecule has 0 bridgehead atoms. The van der Waals surface area contributed by atoms with E-state index < -0.39 is 0 Å². The van der Waals surface area contributed by atoms with Gasteiger partial charge in [-0.3, -0.25) is 0 Å². The summed E-state index contributed by atoms with van der Waals surface area (Å²) < 4.78 is 1.26. The van der Waals surface area contributed by atoms with E-state index in [-0.39, 0.29) is 0 Å². The van der Waals surface area contributed by atoms with Crippen LogP contribution in [0.3, 0.4) is 0 Å². The summed E-state index contributed by atoms with van der Waals surface area (Å²) in [6, 6.07) is 21.4. The van der Waals surface area contributed by atoms with E-state index in [4.69, 9.17) is 4.98 Å². The Morgan fingerprint density at radius 2 is 1.70 bits per heavy atom. The zero-order valence-corrected chi connectivity index (χ0v) is 11.9. The van der Waals surface area contributed by atoms with Crippen LogP contribution >= 0.6 is 11.3 Å². The van der Waals surface area contributed by atoms with Gasteiger partial charge < -0.3 is 0 Å². The molecule has 4 rings (SSSR count). The molecular weight excluding hydrogens is 262 g/mol. The second-order valence-electron chi connectivity index (χ2n) is 5.00. The molecule has 0 unspecified atom stereocenters. The van der Waals surface area contributed by atoms with Crippen LogP contribution in [0.2, 0.25) is 0 Å². The summed E-state index contributed by atoms with van der Waals surface area (Å²) in [4.78, 5) is 4.81. The molecule has 1 aromatic heterocycles. The first-order valence-electron chi connectivity index (χ1n) is 6.66. The predicted molar refractivity (Wildman–Crippen MR) is 87.3 cm³/mol. The van der Waals surface area contributed by atoms with Gasteiger partial charge in [0.25, 0.3) is 0 Å². The van der Waals surface area contributed by atoms with Crippen LogP contribution in [0.4, 0.5) is 0 Å². The topological polar surface area (TPSA) is 12.9 Å². The zero-order valence-electron chi connectivity index (χ0n) is 11.1. The van der Waals surface area contributed by atoms with Crippen LogP contribution < -0.4 is 0 Å². The third kappa shape index (κ3) is 1.81. The average molecular weight is 275 g/mol. The van der Waals surface area contributed by atoms with Crippen molar-refractivity contribution in [1.82, 2.24) is 4.98 Å². The van der Waals surface area contributed by atoms with Crippen molar-refractivity contribution in [2.24, 2.45) is 0 Å². The van der Waals surface area contributed by atoms with Gasteiger partial charge in [0.15, 0.2) is 0 Å². The van der Waals surface area contributed by atoms with Crippen LogP contribution in [0.15, 0.2) is 60.7 Å². The first kappa shape index (κ1) is 11.6. The average Bonchev–Trinajstić information content (AvgIpc) is 2.92. The molecule has 0 aliphatic heterocycles. The van der Waals surface area contributed by atoms with Gasteiger partial charge in [-0.05, 0) is 35.4 Å². The fourth-order valence-corrected chi connectivity index (χ4v) is 3.57. The minimum Gasteiger partial charge on any atom is -0.236 e. The van der Waals surface area contributed by atoms with Gasteiger partial charge in [0.05, 0.1) is 10.2 Å². The largest absolute Gasteiger partial charge is 0.236 e. The molecular formula is C18H13NS. The third-order valence-corrected chi connectivity index (χ3v) is 4.69. The van der Waals surface area contributed by atoms with Crippen molar-refractivity contribution in [2.75, 3.05) is 0 Å². The van der Waals surface area contributed by atoms with E-state index >= 15 is 0 Å². The number of aromatic nitrogens is 1. The van der Waals surface area contributed by atoms with Crippen molar-refractivity contribution in [3.05, 3.63) is 66.2 Å². The molecule has 4 aromatic rings. The molecule has 1 nitrogen and oxygen atoms in total. The van der Waals surface area contributed by atoms with E-state index in [2.05, 4.69) is 67.6 Å². The first-order valence-corrected chi connectivity index (χ1v) is 7.48. The number of thiazole rings is 1. The van der Waals surface area contributed by atoms with Crippen LogP contribution in [0.5, 0.6) is 0 Å². The number of benzene rings is 3. The van der Waals surface area contributed by atoms with E-state index in [1.54, 1.807) is 11.3 Å². The van der Waals surface area contributed by atoms with Gasteiger partial charge in [-0.2, -0.15) is 0 Å². The second kappa shape index (κ2) is 4.43. The summed E-state index contributed by atoms with van der Waals surface area (Å²) in [5, 5.41) is 3.63. The monoisotopic (exact) mass is 275 g/mol. The van der Waals surface area contributed by atoms with E-state index in [9.17, 15) is 0 Å². The smallest absolute Gasteiger partial charge is 0.124 e. The number of para-hydroxylation sites is 1. The van der Waals surface area contributed by atoms with Crippen LogP contribution in [0.25, 0.3) is 31.6 Å². The normalized spacial score (nSPS) is 11.2. The zero-order chi connectivity index (χ0) is 13.5. The highest BCUT2D eigenvalue weighted by Crippen LogP contribution is 2.32. The molecule has 2 heteroatoms. The maximum absolute atomic E-state index is 4.81. The van der Waals surface area contributed by atoms with Crippen LogP contribution in [-0.2, 0) is 0 Å². The van der Waals surface area contributed by atoms with Gasteiger partial charge in [-0.1, -0.05) is 48.5 Å². The molecule has 0 aliphatic rings. The van der Waals surface area contributed by atoms with Crippen molar-refractivity contribution in [3.8, 4) is 10.6 Å². The molecule has 0 spiro atoms. The maximum Gasteiger partial charge on any atom is 0.124 e. The van der Waals surface area contributed by atoms with Crippen molar-refractivity contribution in [2.45, 2.75) is 6.92 Å². The third-order valence-electron chi connectivity index (χ3n) is 3.62. The first-order chi connectivity index (χ1) is 9.81. The van der Waals surface area contributed by atoms with Gasteiger partial charge in [-0.15, -0.1) is 11.3 Å². The number of fused-ring (bicyclic) bond motifs is 2. The van der Waals surface area contributed by atoms with Crippen LogP contribution in [-0.4, -0.2) is 4.98 Å². The van der Waals surface area contributed by atoms with Gasteiger partial charge in [0.1, 0.15) is 5.01 Å². The maximum atomic E-state index is 4.81. The van der Waals surface area contributed by atoms with Crippen molar-refractivity contribution < 1.29 is 0 Å². The number of rotatable bonds is 1. The molecule has 0 N–H and O–H groups in total. The Kier molecular flexibility index (Phi) is 2.57. The fraction of sp³-hybridized carbons (Fsp3) is 0.0556. The predicted octanol–water partition coefficient (Wildman–Crippen LogP) is 5.42. The minimum atomic E-state index is 1.10. The molecule has 20 heavy (non-hydrogen) atoms. The molecule has 0 saturated heterocycles. The Bertz CT molecular complexity index is 921. The van der Waals surface area contributed by atoms with Gasteiger partial charge in [0.2, 0.25) is 0 Å². The summed E-state index contributed by atoms with van der Waals surface area (Å²) >= 11 is 1.76. The van der Waals surface area contributed by atoms with Gasteiger partial charge in [0, 0.05) is 5.56 Å². The van der Waals surface area contributed by atoms with Crippen molar-refractivity contribution in [3.63, 3.8) is 0 Å². The highest BCUT2D eigenvalue weighted by molar-refractivity contribution is 7.21. The Labute approximate surface area is 121 Å². The van der Waals surface area contributed by atoms with Crippen LogP contribution in [0.1, 0.15) is 5.56 Å². The lowest BCUT2D eigenvalue weighted by molar-refractivity contribution is 1.42. The van der Waals surface area contributed by atoms with Crippen molar-refractivity contribution >= 4 is 32.3 Å². The molecule has 0 aliphatic carbocycles. The van der Waals surface area contributed by atoms with E-state index in [1.807, 2.05) is 0 Å². The highest BCUT2D eigenvalue weighted by Gasteiger charge is 2.08. The summed E-state index contributed by atoms with van der Waals surface area (Å²) in [5.74, 6) is 0. The van der Waals surface area contributed by atoms with E-state index in [1.165, 1.54) is 26.6 Å². The van der Waals surface area contributed by atoms with E-state index in [0.29, 0.717) is 0 Å². The summed E-state index contributed by atoms with van der Waals surface area (Å²) in [7, 11) is 0.